The average molecular weight is 287 g/mol. The molecule has 0 unspecified atom stereocenters. The summed E-state index contributed by atoms with van der Waals surface area (Å²) in [6.45, 7) is 2.35. The first kappa shape index (κ1) is 13.8. The lowest BCUT2D eigenvalue weighted by Gasteiger charge is -2.35. The maximum Gasteiger partial charge on any atom is 0.309 e. The zero-order valence-corrected chi connectivity index (χ0v) is 11.8. The molecule has 1 heterocycles. The Bertz CT molecular complexity index is 633. The van der Waals surface area contributed by atoms with E-state index in [1.165, 1.54) is 6.20 Å². The smallest absolute Gasteiger partial charge is 0.309 e. The summed E-state index contributed by atoms with van der Waals surface area (Å²) in [5.41, 5.74) is 1.86. The van der Waals surface area contributed by atoms with Crippen LogP contribution >= 0.6 is 0 Å². The Labute approximate surface area is 122 Å². The first-order chi connectivity index (χ1) is 10.1. The van der Waals surface area contributed by atoms with Crippen molar-refractivity contribution in [3.63, 3.8) is 0 Å². The van der Waals surface area contributed by atoms with E-state index < -0.39 is 0 Å². The van der Waals surface area contributed by atoms with E-state index in [0.29, 0.717) is 12.3 Å². The largest absolute Gasteiger partial charge is 0.373 e. The summed E-state index contributed by atoms with van der Waals surface area (Å²) < 4.78 is 7.59. The van der Waals surface area contributed by atoms with E-state index >= 15 is 0 Å². The van der Waals surface area contributed by atoms with E-state index in [1.807, 2.05) is 30.3 Å². The van der Waals surface area contributed by atoms with Gasteiger partial charge in [0, 0.05) is 0 Å². The highest BCUT2D eigenvalue weighted by atomic mass is 16.6. The minimum Gasteiger partial charge on any atom is -0.373 e. The number of hydrogen-bond acceptors (Lipinski definition) is 4. The van der Waals surface area contributed by atoms with E-state index in [9.17, 15) is 10.1 Å². The zero-order chi connectivity index (χ0) is 14.8. The standard InChI is InChI=1S/C15H17N3O3/c1-11-15(18(19)20)9-16-17(11)13-7-14(8-13)21-10-12-5-3-2-4-6-12/h2-6,9,13-14H,7-8,10H2,1H3/t13-,14-. The highest BCUT2D eigenvalue weighted by molar-refractivity contribution is 5.32. The van der Waals surface area contributed by atoms with Gasteiger partial charge in [-0.2, -0.15) is 5.10 Å². The van der Waals surface area contributed by atoms with E-state index in [4.69, 9.17) is 4.74 Å². The van der Waals surface area contributed by atoms with Gasteiger partial charge in [-0.3, -0.25) is 14.8 Å². The summed E-state index contributed by atoms with van der Waals surface area (Å²) in [4.78, 5) is 10.4. The van der Waals surface area contributed by atoms with Gasteiger partial charge in [0.1, 0.15) is 11.9 Å². The topological polar surface area (TPSA) is 70.2 Å². The Hall–Kier alpha value is -2.21. The third-order valence-electron chi connectivity index (χ3n) is 3.96. The molecular formula is C15H17N3O3. The summed E-state index contributed by atoms with van der Waals surface area (Å²) in [7, 11) is 0. The predicted octanol–water partition coefficient (Wildman–Crippen LogP) is 3.02. The molecule has 1 aromatic carbocycles. The number of rotatable bonds is 5. The lowest BCUT2D eigenvalue weighted by Crippen LogP contribution is -2.34. The van der Waals surface area contributed by atoms with Crippen molar-refractivity contribution in [2.45, 2.75) is 38.5 Å². The number of ether oxygens (including phenoxy) is 1. The first-order valence-corrected chi connectivity index (χ1v) is 6.99. The van der Waals surface area contributed by atoms with Gasteiger partial charge in [0.05, 0.1) is 23.7 Å². The summed E-state index contributed by atoms with van der Waals surface area (Å²) in [6.07, 6.45) is 3.24. The van der Waals surface area contributed by atoms with Crippen LogP contribution in [0.3, 0.4) is 0 Å². The fourth-order valence-corrected chi connectivity index (χ4v) is 2.62. The molecular weight excluding hydrogens is 270 g/mol. The second-order valence-electron chi connectivity index (χ2n) is 5.36. The van der Waals surface area contributed by atoms with Crippen LogP contribution in [0, 0.1) is 17.0 Å². The highest BCUT2D eigenvalue weighted by Gasteiger charge is 2.34. The highest BCUT2D eigenvalue weighted by Crippen LogP contribution is 2.36. The molecule has 0 N–H and O–H groups in total. The fourth-order valence-electron chi connectivity index (χ4n) is 2.62. The van der Waals surface area contributed by atoms with Gasteiger partial charge in [-0.15, -0.1) is 0 Å². The van der Waals surface area contributed by atoms with Crippen LogP contribution in [-0.4, -0.2) is 20.8 Å². The van der Waals surface area contributed by atoms with Crippen LogP contribution in [0.5, 0.6) is 0 Å². The van der Waals surface area contributed by atoms with E-state index in [-0.39, 0.29) is 22.8 Å². The van der Waals surface area contributed by atoms with Crippen LogP contribution in [-0.2, 0) is 11.3 Å². The van der Waals surface area contributed by atoms with Crippen molar-refractivity contribution < 1.29 is 9.66 Å². The van der Waals surface area contributed by atoms with Gasteiger partial charge in [0.25, 0.3) is 0 Å². The molecule has 1 aliphatic rings. The third kappa shape index (κ3) is 2.80. The van der Waals surface area contributed by atoms with Crippen LogP contribution in [0.4, 0.5) is 5.69 Å². The second kappa shape index (κ2) is 5.65. The van der Waals surface area contributed by atoms with Gasteiger partial charge in [-0.25, -0.2) is 0 Å². The lowest BCUT2D eigenvalue weighted by atomic mass is 9.89. The van der Waals surface area contributed by atoms with Gasteiger partial charge < -0.3 is 4.74 Å². The molecule has 0 aliphatic heterocycles. The maximum atomic E-state index is 10.8. The first-order valence-electron chi connectivity index (χ1n) is 6.99. The molecule has 0 bridgehead atoms. The third-order valence-corrected chi connectivity index (χ3v) is 3.96. The number of hydrogen-bond donors (Lipinski definition) is 0. The van der Waals surface area contributed by atoms with Crippen molar-refractivity contribution in [3.05, 3.63) is 57.9 Å². The molecule has 21 heavy (non-hydrogen) atoms. The van der Waals surface area contributed by atoms with Crippen LogP contribution < -0.4 is 0 Å². The molecule has 6 heteroatoms. The van der Waals surface area contributed by atoms with E-state index in [2.05, 4.69) is 5.10 Å². The molecule has 110 valence electrons. The minimum atomic E-state index is -0.388. The lowest BCUT2D eigenvalue weighted by molar-refractivity contribution is -0.385. The van der Waals surface area contributed by atoms with Gasteiger partial charge in [-0.1, -0.05) is 30.3 Å². The molecule has 0 radical (unpaired) electrons. The minimum absolute atomic E-state index is 0.0867. The summed E-state index contributed by atoms with van der Waals surface area (Å²) in [6, 6.07) is 10.3. The number of nitrogens with zero attached hydrogens (tertiary/aromatic N) is 3. The molecule has 1 aromatic heterocycles. The van der Waals surface area contributed by atoms with Crippen molar-refractivity contribution in [3.8, 4) is 0 Å². The quantitative estimate of drug-likeness (QED) is 0.626. The van der Waals surface area contributed by atoms with Gasteiger partial charge in [0.15, 0.2) is 0 Å². The van der Waals surface area contributed by atoms with E-state index in [0.717, 1.165) is 18.4 Å². The molecule has 3 rings (SSSR count). The Kier molecular flexibility index (Phi) is 3.70. The number of benzene rings is 1. The molecule has 1 saturated carbocycles. The molecule has 0 spiro atoms. The maximum absolute atomic E-state index is 10.8. The van der Waals surface area contributed by atoms with Crippen LogP contribution in [0.1, 0.15) is 30.1 Å². The fraction of sp³-hybridized carbons (Fsp3) is 0.400. The Morgan fingerprint density at radius 2 is 2.10 bits per heavy atom. The van der Waals surface area contributed by atoms with Crippen LogP contribution in [0.25, 0.3) is 0 Å². The van der Waals surface area contributed by atoms with Crippen LogP contribution in [0.2, 0.25) is 0 Å². The van der Waals surface area contributed by atoms with Crippen molar-refractivity contribution in [1.29, 1.82) is 0 Å². The number of aromatic nitrogens is 2. The molecule has 1 aliphatic carbocycles. The van der Waals surface area contributed by atoms with E-state index in [1.54, 1.807) is 11.6 Å². The van der Waals surface area contributed by atoms with Crippen molar-refractivity contribution in [2.75, 3.05) is 0 Å². The molecule has 1 fully saturated rings. The SMILES string of the molecule is Cc1c([N+](=O)[O-])cnn1[C@H]1C[C@H](OCc2ccccc2)C1. The van der Waals surface area contributed by atoms with Gasteiger partial charge in [-0.05, 0) is 25.3 Å². The molecule has 2 aromatic rings. The Morgan fingerprint density at radius 3 is 2.71 bits per heavy atom. The molecule has 0 amide bonds. The Balaban J connectivity index is 1.53. The molecule has 0 saturated heterocycles. The van der Waals surface area contributed by atoms with Crippen molar-refractivity contribution >= 4 is 5.69 Å². The average Bonchev–Trinajstić information content (AvgIpc) is 2.80. The zero-order valence-electron chi connectivity index (χ0n) is 11.8. The second-order valence-corrected chi connectivity index (χ2v) is 5.36. The Morgan fingerprint density at radius 1 is 1.38 bits per heavy atom. The van der Waals surface area contributed by atoms with Crippen molar-refractivity contribution in [1.82, 2.24) is 9.78 Å². The van der Waals surface area contributed by atoms with Gasteiger partial charge in [0.2, 0.25) is 0 Å². The van der Waals surface area contributed by atoms with Gasteiger partial charge >= 0.3 is 5.69 Å². The van der Waals surface area contributed by atoms with Crippen LogP contribution in [0.15, 0.2) is 36.5 Å². The molecule has 0 atom stereocenters. The monoisotopic (exact) mass is 287 g/mol. The summed E-state index contributed by atoms with van der Waals surface area (Å²) in [5, 5.41) is 14.9. The normalized spacial score (nSPS) is 21.0. The van der Waals surface area contributed by atoms with Crippen molar-refractivity contribution in [2.24, 2.45) is 0 Å². The predicted molar refractivity (Wildman–Crippen MR) is 76.9 cm³/mol. The summed E-state index contributed by atoms with van der Waals surface area (Å²) in [5.74, 6) is 0. The number of nitro groups is 1. The molecule has 6 nitrogen and oxygen atoms in total. The summed E-state index contributed by atoms with van der Waals surface area (Å²) >= 11 is 0.